The molecular weight excluding hydrogens is 427 g/mol. The maximum Gasteiger partial charge on any atom is 0.311 e. The topological polar surface area (TPSA) is 55.9 Å². The summed E-state index contributed by atoms with van der Waals surface area (Å²) in [5, 5.41) is 5.04. The second-order valence-electron chi connectivity index (χ2n) is 8.57. The predicted octanol–water partition coefficient (Wildman–Crippen LogP) is 3.27. The van der Waals surface area contributed by atoms with Crippen molar-refractivity contribution in [2.75, 3.05) is 44.2 Å². The first kappa shape index (κ1) is 22.7. The summed E-state index contributed by atoms with van der Waals surface area (Å²) in [6.45, 7) is 6.60. The summed E-state index contributed by atoms with van der Waals surface area (Å²) in [5.74, 6) is -1.15. The van der Waals surface area contributed by atoms with Crippen LogP contribution in [0, 0.1) is 5.82 Å². The fourth-order valence-corrected chi connectivity index (χ4v) is 5.66. The van der Waals surface area contributed by atoms with Crippen molar-refractivity contribution in [3.8, 4) is 0 Å². The predicted molar refractivity (Wildman–Crippen MR) is 125 cm³/mol. The Labute approximate surface area is 193 Å². The van der Waals surface area contributed by atoms with Gasteiger partial charge in [0.2, 0.25) is 0 Å². The molecule has 0 bridgehead atoms. The number of piperazine rings is 1. The number of carbonyl (C=O) groups is 2. The molecule has 0 unspecified atom stereocenters. The van der Waals surface area contributed by atoms with Crippen LogP contribution in [0.25, 0.3) is 0 Å². The van der Waals surface area contributed by atoms with Gasteiger partial charge in [-0.05, 0) is 61.9 Å². The molecule has 32 heavy (non-hydrogen) atoms. The lowest BCUT2D eigenvalue weighted by Gasteiger charge is -2.42. The number of hydrogen-bond acceptors (Lipinski definition) is 5. The molecule has 6 nitrogen and oxygen atoms in total. The molecule has 2 atom stereocenters. The van der Waals surface area contributed by atoms with Gasteiger partial charge < -0.3 is 15.1 Å². The third-order valence-corrected chi connectivity index (χ3v) is 7.35. The number of nitrogens with zero attached hydrogens (tertiary/aromatic N) is 3. The summed E-state index contributed by atoms with van der Waals surface area (Å²) in [6.07, 6.45) is 3.04. The number of carbonyl (C=O) groups excluding carboxylic acids is 2. The van der Waals surface area contributed by atoms with Crippen LogP contribution in [0.15, 0.2) is 41.8 Å². The number of rotatable bonds is 5. The molecule has 172 valence electrons. The third-order valence-electron chi connectivity index (χ3n) is 6.40. The highest BCUT2D eigenvalue weighted by atomic mass is 32.1. The quantitative estimate of drug-likeness (QED) is 0.699. The molecule has 2 aromatic rings. The number of hydrogen-bond donors (Lipinski definition) is 1. The molecule has 0 saturated carbocycles. The molecule has 2 saturated heterocycles. The number of likely N-dealkylation sites (tertiary alicyclic amines) is 1. The van der Waals surface area contributed by atoms with Gasteiger partial charge in [0.15, 0.2) is 0 Å². The van der Waals surface area contributed by atoms with Crippen LogP contribution in [-0.4, -0.2) is 66.9 Å². The van der Waals surface area contributed by atoms with Crippen molar-refractivity contribution < 1.29 is 14.0 Å². The van der Waals surface area contributed by atoms with Crippen molar-refractivity contribution in [3.05, 3.63) is 52.5 Å². The second kappa shape index (κ2) is 10.4. The first-order valence-corrected chi connectivity index (χ1v) is 12.3. The Morgan fingerprint density at radius 1 is 0.969 bits per heavy atom. The highest BCUT2D eigenvalue weighted by Crippen LogP contribution is 2.30. The number of nitrogens with one attached hydrogen (secondary N) is 1. The van der Waals surface area contributed by atoms with Gasteiger partial charge in [0.05, 0.1) is 6.04 Å². The summed E-state index contributed by atoms with van der Waals surface area (Å²) in [4.78, 5) is 32.8. The van der Waals surface area contributed by atoms with Gasteiger partial charge in [-0.25, -0.2) is 4.39 Å². The van der Waals surface area contributed by atoms with Gasteiger partial charge in [0.25, 0.3) is 0 Å². The van der Waals surface area contributed by atoms with Gasteiger partial charge in [-0.3, -0.25) is 14.5 Å². The van der Waals surface area contributed by atoms with E-state index in [1.165, 1.54) is 17.0 Å². The monoisotopic (exact) mass is 458 g/mol. The Morgan fingerprint density at radius 3 is 2.28 bits per heavy atom. The van der Waals surface area contributed by atoms with E-state index in [2.05, 4.69) is 21.2 Å². The van der Waals surface area contributed by atoms with Gasteiger partial charge in [-0.2, -0.15) is 0 Å². The van der Waals surface area contributed by atoms with Crippen LogP contribution < -0.4 is 10.2 Å². The largest absolute Gasteiger partial charge is 0.369 e. The first-order valence-electron chi connectivity index (χ1n) is 11.4. The molecule has 2 aliphatic heterocycles. The van der Waals surface area contributed by atoms with E-state index in [9.17, 15) is 14.0 Å². The van der Waals surface area contributed by atoms with E-state index in [0.717, 1.165) is 51.1 Å². The lowest BCUT2D eigenvalue weighted by atomic mass is 10.0. The number of thiophene rings is 1. The minimum Gasteiger partial charge on any atom is -0.369 e. The van der Waals surface area contributed by atoms with E-state index >= 15 is 0 Å². The normalized spacial score (nSPS) is 19.4. The number of benzene rings is 1. The van der Waals surface area contributed by atoms with Crippen molar-refractivity contribution in [1.29, 1.82) is 0 Å². The molecule has 3 heterocycles. The molecule has 2 amide bonds. The molecule has 1 aromatic heterocycles. The van der Waals surface area contributed by atoms with Crippen molar-refractivity contribution >= 4 is 28.8 Å². The smallest absolute Gasteiger partial charge is 0.311 e. The Morgan fingerprint density at radius 2 is 1.66 bits per heavy atom. The molecular formula is C24H31FN4O2S. The van der Waals surface area contributed by atoms with Gasteiger partial charge in [-0.15, -0.1) is 11.3 Å². The zero-order valence-corrected chi connectivity index (χ0v) is 19.3. The fraction of sp³-hybridized carbons (Fsp3) is 0.500. The van der Waals surface area contributed by atoms with Gasteiger partial charge in [-0.1, -0.05) is 6.07 Å². The minimum atomic E-state index is -0.508. The number of amides is 2. The minimum absolute atomic E-state index is 0.00322. The average Bonchev–Trinajstić information content (AvgIpc) is 3.34. The summed E-state index contributed by atoms with van der Waals surface area (Å²) in [7, 11) is 0. The molecule has 0 radical (unpaired) electrons. The van der Waals surface area contributed by atoms with E-state index in [1.807, 2.05) is 30.5 Å². The zero-order valence-electron chi connectivity index (χ0n) is 18.5. The Hall–Kier alpha value is -2.45. The maximum absolute atomic E-state index is 13.3. The molecule has 2 fully saturated rings. The number of anilines is 1. The number of halogens is 1. The first-order chi connectivity index (χ1) is 15.5. The van der Waals surface area contributed by atoms with Crippen molar-refractivity contribution in [2.45, 2.75) is 38.3 Å². The summed E-state index contributed by atoms with van der Waals surface area (Å²) >= 11 is 1.67. The Balaban J connectivity index is 1.41. The van der Waals surface area contributed by atoms with Crippen molar-refractivity contribution in [1.82, 2.24) is 15.1 Å². The van der Waals surface area contributed by atoms with E-state index in [0.29, 0.717) is 13.1 Å². The Kier molecular flexibility index (Phi) is 7.42. The molecule has 1 N–H and O–H groups in total. The van der Waals surface area contributed by atoms with E-state index in [-0.39, 0.29) is 17.9 Å². The van der Waals surface area contributed by atoms with E-state index in [1.54, 1.807) is 16.2 Å². The van der Waals surface area contributed by atoms with Crippen LogP contribution >= 0.6 is 11.3 Å². The standard InChI is InChI=1S/C24H31FN4O2S/c1-18(26-23(30)24(31)29-11-3-2-4-12-29)22(21-6-5-17-32-21)28-15-13-27(14-16-28)20-9-7-19(25)8-10-20/h5-10,17-18,22H,2-4,11-16H2,1H3,(H,26,30)/t18-,22-/m1/s1. The van der Waals surface area contributed by atoms with E-state index < -0.39 is 11.8 Å². The van der Waals surface area contributed by atoms with Gasteiger partial charge >= 0.3 is 11.8 Å². The summed E-state index contributed by atoms with van der Waals surface area (Å²) in [5.41, 5.74) is 1.02. The van der Waals surface area contributed by atoms with Crippen LogP contribution in [0.2, 0.25) is 0 Å². The summed E-state index contributed by atoms with van der Waals surface area (Å²) in [6, 6.07) is 10.5. The van der Waals surface area contributed by atoms with Crippen LogP contribution in [0.1, 0.15) is 37.1 Å². The Bertz CT molecular complexity index is 891. The van der Waals surface area contributed by atoms with Gasteiger partial charge in [0, 0.05) is 55.9 Å². The lowest BCUT2D eigenvalue weighted by Crippen LogP contribution is -2.54. The van der Waals surface area contributed by atoms with E-state index in [4.69, 9.17) is 0 Å². The van der Waals surface area contributed by atoms with Crippen LogP contribution in [0.5, 0.6) is 0 Å². The second-order valence-corrected chi connectivity index (χ2v) is 9.55. The molecule has 8 heteroatoms. The molecule has 0 aliphatic carbocycles. The molecule has 1 aromatic carbocycles. The van der Waals surface area contributed by atoms with Crippen LogP contribution in [0.3, 0.4) is 0 Å². The van der Waals surface area contributed by atoms with Gasteiger partial charge in [0.1, 0.15) is 5.82 Å². The van der Waals surface area contributed by atoms with Crippen LogP contribution in [0.4, 0.5) is 10.1 Å². The van der Waals surface area contributed by atoms with Crippen molar-refractivity contribution in [3.63, 3.8) is 0 Å². The zero-order chi connectivity index (χ0) is 22.5. The average molecular weight is 459 g/mol. The molecule has 4 rings (SSSR count). The maximum atomic E-state index is 13.3. The molecule has 2 aliphatic rings. The number of piperidine rings is 1. The lowest BCUT2D eigenvalue weighted by molar-refractivity contribution is -0.147. The highest BCUT2D eigenvalue weighted by Gasteiger charge is 2.33. The molecule has 0 spiro atoms. The third kappa shape index (κ3) is 5.30. The fourth-order valence-electron chi connectivity index (χ4n) is 4.70. The summed E-state index contributed by atoms with van der Waals surface area (Å²) < 4.78 is 13.3. The van der Waals surface area contributed by atoms with Crippen molar-refractivity contribution in [2.24, 2.45) is 0 Å². The van der Waals surface area contributed by atoms with Crippen LogP contribution in [-0.2, 0) is 9.59 Å². The highest BCUT2D eigenvalue weighted by molar-refractivity contribution is 7.10. The SMILES string of the molecule is C[C@@H](NC(=O)C(=O)N1CCCCC1)[C@H](c1cccs1)N1CCN(c2ccc(F)cc2)CC1.